The Labute approximate surface area is 108 Å². The van der Waals surface area contributed by atoms with E-state index < -0.39 is 0 Å². The first-order valence-electron chi connectivity index (χ1n) is 6.05. The minimum Gasteiger partial charge on any atom is -0.383 e. The van der Waals surface area contributed by atoms with Gasteiger partial charge in [0.15, 0.2) is 0 Å². The highest BCUT2D eigenvalue weighted by atomic mass is 16.5. The van der Waals surface area contributed by atoms with E-state index in [1.165, 1.54) is 11.1 Å². The Kier molecular flexibility index (Phi) is 3.99. The molecule has 18 heavy (non-hydrogen) atoms. The molecule has 1 aromatic carbocycles. The van der Waals surface area contributed by atoms with Crippen molar-refractivity contribution < 1.29 is 4.74 Å². The van der Waals surface area contributed by atoms with E-state index in [9.17, 15) is 0 Å². The second-order valence-corrected chi connectivity index (χ2v) is 4.31. The lowest BCUT2D eigenvalue weighted by Crippen LogP contribution is -2.07. The monoisotopic (exact) mass is 245 g/mol. The number of imidazole rings is 1. The summed E-state index contributed by atoms with van der Waals surface area (Å²) in [6.45, 7) is 5.69. The molecule has 0 saturated heterocycles. The maximum atomic E-state index is 5.09. The SMILES string of the molecule is COCCn1ccnc1Nc1cccc(C)c1C. The molecule has 2 aromatic rings. The predicted molar refractivity (Wildman–Crippen MR) is 73.3 cm³/mol. The molecule has 0 aliphatic carbocycles. The molecular formula is C14H19N3O. The molecule has 4 heteroatoms. The molecule has 2 rings (SSSR count). The molecule has 0 amide bonds. The van der Waals surface area contributed by atoms with Gasteiger partial charge in [-0.25, -0.2) is 4.98 Å². The van der Waals surface area contributed by atoms with Crippen LogP contribution < -0.4 is 5.32 Å². The summed E-state index contributed by atoms with van der Waals surface area (Å²) < 4.78 is 7.13. The molecule has 0 aliphatic rings. The number of anilines is 2. The van der Waals surface area contributed by atoms with E-state index in [-0.39, 0.29) is 0 Å². The lowest BCUT2D eigenvalue weighted by molar-refractivity contribution is 0.188. The van der Waals surface area contributed by atoms with Gasteiger partial charge in [-0.2, -0.15) is 0 Å². The number of nitrogens with one attached hydrogen (secondary N) is 1. The Morgan fingerprint density at radius 3 is 2.94 bits per heavy atom. The minimum atomic E-state index is 0.678. The van der Waals surface area contributed by atoms with Crippen LogP contribution in [0, 0.1) is 13.8 Å². The molecule has 96 valence electrons. The van der Waals surface area contributed by atoms with E-state index in [0.29, 0.717) is 6.61 Å². The van der Waals surface area contributed by atoms with E-state index in [0.717, 1.165) is 18.2 Å². The van der Waals surface area contributed by atoms with Gasteiger partial charge in [0.05, 0.1) is 6.61 Å². The average molecular weight is 245 g/mol. The largest absolute Gasteiger partial charge is 0.383 e. The van der Waals surface area contributed by atoms with Crippen molar-refractivity contribution in [2.45, 2.75) is 20.4 Å². The smallest absolute Gasteiger partial charge is 0.207 e. The van der Waals surface area contributed by atoms with Gasteiger partial charge in [0, 0.05) is 31.7 Å². The van der Waals surface area contributed by atoms with Crippen molar-refractivity contribution in [3.63, 3.8) is 0 Å². The molecular weight excluding hydrogens is 226 g/mol. The van der Waals surface area contributed by atoms with Crippen molar-refractivity contribution in [1.82, 2.24) is 9.55 Å². The maximum absolute atomic E-state index is 5.09. The first-order chi connectivity index (χ1) is 8.72. The van der Waals surface area contributed by atoms with Crippen LogP contribution in [-0.4, -0.2) is 23.3 Å². The topological polar surface area (TPSA) is 39.1 Å². The molecule has 0 radical (unpaired) electrons. The van der Waals surface area contributed by atoms with Crippen molar-refractivity contribution in [1.29, 1.82) is 0 Å². The first-order valence-corrected chi connectivity index (χ1v) is 6.05. The van der Waals surface area contributed by atoms with Gasteiger partial charge in [0.25, 0.3) is 0 Å². The number of hydrogen-bond acceptors (Lipinski definition) is 3. The van der Waals surface area contributed by atoms with E-state index in [1.54, 1.807) is 13.3 Å². The second-order valence-electron chi connectivity index (χ2n) is 4.31. The first kappa shape index (κ1) is 12.6. The van der Waals surface area contributed by atoms with Crippen molar-refractivity contribution in [3.8, 4) is 0 Å². The third kappa shape index (κ3) is 2.71. The lowest BCUT2D eigenvalue weighted by Gasteiger charge is -2.12. The Hall–Kier alpha value is -1.81. The number of benzene rings is 1. The van der Waals surface area contributed by atoms with Gasteiger partial charge < -0.3 is 14.6 Å². The molecule has 1 N–H and O–H groups in total. The summed E-state index contributed by atoms with van der Waals surface area (Å²) in [6.07, 6.45) is 3.75. The number of nitrogens with zero attached hydrogens (tertiary/aromatic N) is 2. The summed E-state index contributed by atoms with van der Waals surface area (Å²) in [7, 11) is 1.70. The summed E-state index contributed by atoms with van der Waals surface area (Å²) in [5.41, 5.74) is 3.62. The van der Waals surface area contributed by atoms with Crippen molar-refractivity contribution in [2.24, 2.45) is 0 Å². The van der Waals surface area contributed by atoms with Crippen LogP contribution in [-0.2, 0) is 11.3 Å². The van der Waals surface area contributed by atoms with Gasteiger partial charge in [-0.3, -0.25) is 0 Å². The van der Waals surface area contributed by atoms with E-state index >= 15 is 0 Å². The molecule has 0 spiro atoms. The molecule has 0 fully saturated rings. The molecule has 0 aliphatic heterocycles. The van der Waals surface area contributed by atoms with Gasteiger partial charge in [-0.05, 0) is 31.0 Å². The normalized spacial score (nSPS) is 10.6. The van der Waals surface area contributed by atoms with Gasteiger partial charge in [-0.1, -0.05) is 12.1 Å². The zero-order chi connectivity index (χ0) is 13.0. The Bertz CT molecular complexity index is 520. The fourth-order valence-electron chi connectivity index (χ4n) is 1.81. The molecule has 0 saturated carbocycles. The quantitative estimate of drug-likeness (QED) is 0.880. The zero-order valence-electron chi connectivity index (χ0n) is 11.1. The van der Waals surface area contributed by atoms with Crippen LogP contribution in [0.3, 0.4) is 0 Å². The van der Waals surface area contributed by atoms with E-state index in [2.05, 4.69) is 36.3 Å². The van der Waals surface area contributed by atoms with Gasteiger partial charge >= 0.3 is 0 Å². The highest BCUT2D eigenvalue weighted by Gasteiger charge is 2.05. The number of methoxy groups -OCH3 is 1. The molecule has 1 heterocycles. The molecule has 0 atom stereocenters. The number of hydrogen-bond donors (Lipinski definition) is 1. The lowest BCUT2D eigenvalue weighted by atomic mass is 10.1. The van der Waals surface area contributed by atoms with Gasteiger partial charge in [-0.15, -0.1) is 0 Å². The standard InChI is InChI=1S/C14H19N3O/c1-11-5-4-6-13(12(11)2)16-14-15-7-8-17(14)9-10-18-3/h4-8H,9-10H2,1-3H3,(H,15,16). The van der Waals surface area contributed by atoms with Crippen LogP contribution >= 0.6 is 0 Å². The average Bonchev–Trinajstić information content (AvgIpc) is 2.80. The summed E-state index contributed by atoms with van der Waals surface area (Å²) in [5.74, 6) is 0.848. The summed E-state index contributed by atoms with van der Waals surface area (Å²) in [5, 5.41) is 3.37. The summed E-state index contributed by atoms with van der Waals surface area (Å²) >= 11 is 0. The highest BCUT2D eigenvalue weighted by molar-refractivity contribution is 5.60. The third-order valence-electron chi connectivity index (χ3n) is 3.10. The van der Waals surface area contributed by atoms with Crippen LogP contribution in [0.15, 0.2) is 30.6 Å². The van der Waals surface area contributed by atoms with Crippen LogP contribution in [0.1, 0.15) is 11.1 Å². The van der Waals surface area contributed by atoms with Crippen molar-refractivity contribution in [2.75, 3.05) is 19.0 Å². The molecule has 4 nitrogen and oxygen atoms in total. The van der Waals surface area contributed by atoms with Crippen LogP contribution in [0.4, 0.5) is 11.6 Å². The number of aromatic nitrogens is 2. The number of rotatable bonds is 5. The summed E-state index contributed by atoms with van der Waals surface area (Å²) in [6, 6.07) is 6.22. The fraction of sp³-hybridized carbons (Fsp3) is 0.357. The van der Waals surface area contributed by atoms with Crippen LogP contribution in [0.5, 0.6) is 0 Å². The Morgan fingerprint density at radius 2 is 2.17 bits per heavy atom. The van der Waals surface area contributed by atoms with Crippen molar-refractivity contribution in [3.05, 3.63) is 41.7 Å². The second kappa shape index (κ2) is 5.69. The Balaban J connectivity index is 2.18. The fourth-order valence-corrected chi connectivity index (χ4v) is 1.81. The number of aryl methyl sites for hydroxylation is 1. The number of ether oxygens (including phenoxy) is 1. The highest BCUT2D eigenvalue weighted by Crippen LogP contribution is 2.21. The predicted octanol–water partition coefficient (Wildman–Crippen LogP) is 2.89. The zero-order valence-corrected chi connectivity index (χ0v) is 11.1. The van der Waals surface area contributed by atoms with E-state index in [1.807, 2.05) is 16.8 Å². The van der Waals surface area contributed by atoms with Gasteiger partial charge in [0.2, 0.25) is 5.95 Å². The minimum absolute atomic E-state index is 0.678. The third-order valence-corrected chi connectivity index (χ3v) is 3.10. The molecule has 0 bridgehead atoms. The molecule has 0 unspecified atom stereocenters. The Morgan fingerprint density at radius 1 is 1.33 bits per heavy atom. The van der Waals surface area contributed by atoms with Gasteiger partial charge in [0.1, 0.15) is 0 Å². The van der Waals surface area contributed by atoms with Crippen molar-refractivity contribution >= 4 is 11.6 Å². The molecule has 1 aromatic heterocycles. The summed E-state index contributed by atoms with van der Waals surface area (Å²) in [4.78, 5) is 4.33. The van der Waals surface area contributed by atoms with E-state index in [4.69, 9.17) is 4.74 Å². The van der Waals surface area contributed by atoms with Crippen LogP contribution in [0.2, 0.25) is 0 Å². The van der Waals surface area contributed by atoms with Crippen LogP contribution in [0.25, 0.3) is 0 Å². The maximum Gasteiger partial charge on any atom is 0.207 e.